The van der Waals surface area contributed by atoms with Gasteiger partial charge in [-0.05, 0) is 22.0 Å². The Morgan fingerprint density at radius 2 is 2.30 bits per heavy atom. The van der Waals surface area contributed by atoms with Gasteiger partial charge in [0.1, 0.15) is 4.83 Å². The Morgan fingerprint density at radius 1 is 1.50 bits per heavy atom. The molecule has 0 spiro atoms. The van der Waals surface area contributed by atoms with E-state index in [1.807, 2.05) is 6.07 Å². The van der Waals surface area contributed by atoms with Gasteiger partial charge in [-0.1, -0.05) is 11.3 Å². The zero-order chi connectivity index (χ0) is 7.14. The smallest absolute Gasteiger partial charge is 0.181 e. The number of hydrogen-bond acceptors (Lipinski definition) is 4. The number of thiophene rings is 1. The molecule has 0 fully saturated rings. The van der Waals surface area contributed by atoms with E-state index in [4.69, 9.17) is 5.73 Å². The fourth-order valence-corrected chi connectivity index (χ4v) is 3.28. The van der Waals surface area contributed by atoms with Gasteiger partial charge in [0.2, 0.25) is 0 Å². The molecule has 0 aliphatic rings. The molecule has 0 aliphatic heterocycles. The SMILES string of the molecule is Nc1nc2sc(Br)cc2s1. The highest BCUT2D eigenvalue weighted by Crippen LogP contribution is 2.33. The number of rotatable bonds is 0. The molecule has 0 bridgehead atoms. The fraction of sp³-hybridized carbons (Fsp3) is 0. The van der Waals surface area contributed by atoms with Crippen LogP contribution in [0.15, 0.2) is 9.85 Å². The number of anilines is 1. The van der Waals surface area contributed by atoms with Gasteiger partial charge in [0.25, 0.3) is 0 Å². The van der Waals surface area contributed by atoms with E-state index < -0.39 is 0 Å². The number of nitrogen functional groups attached to an aromatic ring is 1. The van der Waals surface area contributed by atoms with Crippen molar-refractivity contribution >= 4 is 53.3 Å². The van der Waals surface area contributed by atoms with Crippen molar-refractivity contribution < 1.29 is 0 Å². The third-order valence-electron chi connectivity index (χ3n) is 1.08. The molecule has 0 radical (unpaired) electrons. The summed E-state index contributed by atoms with van der Waals surface area (Å²) in [4.78, 5) is 5.14. The van der Waals surface area contributed by atoms with Gasteiger partial charge in [-0.15, -0.1) is 11.3 Å². The molecule has 0 saturated heterocycles. The highest BCUT2D eigenvalue weighted by Gasteiger charge is 2.03. The molecule has 0 aliphatic carbocycles. The monoisotopic (exact) mass is 234 g/mol. The van der Waals surface area contributed by atoms with Crippen LogP contribution in [0.1, 0.15) is 0 Å². The van der Waals surface area contributed by atoms with E-state index >= 15 is 0 Å². The summed E-state index contributed by atoms with van der Waals surface area (Å²) in [5.41, 5.74) is 5.48. The quantitative estimate of drug-likeness (QED) is 0.762. The molecular weight excluding hydrogens is 232 g/mol. The van der Waals surface area contributed by atoms with Crippen LogP contribution < -0.4 is 5.73 Å². The Labute approximate surface area is 73.8 Å². The molecule has 0 saturated carbocycles. The number of halogens is 1. The standard InChI is InChI=1S/C5H3BrN2S2/c6-3-1-2-4(10-3)8-5(7)9-2/h1H,(H2,7,8). The second-order valence-corrected chi connectivity index (χ2v) is 5.24. The molecule has 10 heavy (non-hydrogen) atoms. The molecule has 2 nitrogen and oxygen atoms in total. The third kappa shape index (κ3) is 0.941. The Kier molecular flexibility index (Phi) is 1.43. The summed E-state index contributed by atoms with van der Waals surface area (Å²) in [5.74, 6) is 0. The molecule has 2 rings (SSSR count). The Hall–Kier alpha value is -0.130. The third-order valence-corrected chi connectivity index (χ3v) is 3.57. The maximum absolute atomic E-state index is 5.48. The number of aromatic nitrogens is 1. The predicted molar refractivity (Wildman–Crippen MR) is 49.6 cm³/mol. The topological polar surface area (TPSA) is 38.9 Å². The van der Waals surface area contributed by atoms with E-state index in [0.29, 0.717) is 5.13 Å². The first-order valence-electron chi connectivity index (χ1n) is 2.57. The lowest BCUT2D eigenvalue weighted by Crippen LogP contribution is -1.78. The average molecular weight is 235 g/mol. The Morgan fingerprint density at radius 3 is 3.00 bits per heavy atom. The first kappa shape index (κ1) is 6.57. The van der Waals surface area contributed by atoms with E-state index in [-0.39, 0.29) is 0 Å². The summed E-state index contributed by atoms with van der Waals surface area (Å²) in [7, 11) is 0. The first-order chi connectivity index (χ1) is 4.75. The fourth-order valence-electron chi connectivity index (χ4n) is 0.724. The van der Waals surface area contributed by atoms with Crippen molar-refractivity contribution in [1.82, 2.24) is 4.98 Å². The van der Waals surface area contributed by atoms with Crippen molar-refractivity contribution in [3.63, 3.8) is 0 Å². The second kappa shape index (κ2) is 2.18. The number of nitrogens with two attached hydrogens (primary N) is 1. The van der Waals surface area contributed by atoms with Crippen molar-refractivity contribution in [3.05, 3.63) is 9.85 Å². The molecule has 2 aromatic heterocycles. The van der Waals surface area contributed by atoms with Crippen LogP contribution in [-0.4, -0.2) is 4.98 Å². The first-order valence-corrected chi connectivity index (χ1v) is 4.99. The van der Waals surface area contributed by atoms with E-state index in [1.165, 1.54) is 11.3 Å². The minimum absolute atomic E-state index is 0.647. The van der Waals surface area contributed by atoms with E-state index in [0.717, 1.165) is 13.3 Å². The molecule has 2 N–H and O–H groups in total. The normalized spacial score (nSPS) is 10.9. The van der Waals surface area contributed by atoms with Gasteiger partial charge in [0, 0.05) is 0 Å². The maximum atomic E-state index is 5.48. The summed E-state index contributed by atoms with van der Waals surface area (Å²) in [6.07, 6.45) is 0. The highest BCUT2D eigenvalue weighted by molar-refractivity contribution is 9.11. The van der Waals surface area contributed by atoms with Crippen molar-refractivity contribution in [2.75, 3.05) is 5.73 Å². The lowest BCUT2D eigenvalue weighted by molar-refractivity contribution is 1.53. The predicted octanol–water partition coefficient (Wildman–Crippen LogP) is 2.70. The molecule has 2 aromatic rings. The summed E-state index contributed by atoms with van der Waals surface area (Å²) < 4.78 is 2.27. The zero-order valence-electron chi connectivity index (χ0n) is 4.80. The van der Waals surface area contributed by atoms with Gasteiger partial charge >= 0.3 is 0 Å². The highest BCUT2D eigenvalue weighted by atomic mass is 79.9. The van der Waals surface area contributed by atoms with Crippen molar-refractivity contribution in [1.29, 1.82) is 0 Å². The van der Waals surface area contributed by atoms with Crippen LogP contribution in [-0.2, 0) is 0 Å². The minimum atomic E-state index is 0.647. The lowest BCUT2D eigenvalue weighted by Gasteiger charge is -1.73. The molecule has 2 heterocycles. The van der Waals surface area contributed by atoms with Crippen LogP contribution in [0, 0.1) is 0 Å². The minimum Gasteiger partial charge on any atom is -0.375 e. The number of thiazole rings is 1. The lowest BCUT2D eigenvalue weighted by atomic mass is 10.6. The van der Waals surface area contributed by atoms with Gasteiger partial charge in [0.05, 0.1) is 8.49 Å². The largest absolute Gasteiger partial charge is 0.375 e. The van der Waals surface area contributed by atoms with E-state index in [9.17, 15) is 0 Å². The summed E-state index contributed by atoms with van der Waals surface area (Å²) in [6, 6.07) is 2.04. The second-order valence-electron chi connectivity index (χ2n) is 1.77. The maximum Gasteiger partial charge on any atom is 0.181 e. The van der Waals surface area contributed by atoms with Crippen LogP contribution in [0.25, 0.3) is 9.53 Å². The number of fused-ring (bicyclic) bond motifs is 1. The van der Waals surface area contributed by atoms with Gasteiger partial charge in [-0.25, -0.2) is 4.98 Å². The molecule has 0 unspecified atom stereocenters. The van der Waals surface area contributed by atoms with Crippen LogP contribution in [0.3, 0.4) is 0 Å². The van der Waals surface area contributed by atoms with Gasteiger partial charge in [-0.3, -0.25) is 0 Å². The molecule has 0 aromatic carbocycles. The van der Waals surface area contributed by atoms with E-state index in [2.05, 4.69) is 20.9 Å². The Bertz CT molecular complexity index is 301. The number of hydrogen-bond donors (Lipinski definition) is 1. The molecule has 5 heteroatoms. The van der Waals surface area contributed by atoms with Crippen LogP contribution in [0.2, 0.25) is 0 Å². The summed E-state index contributed by atoms with van der Waals surface area (Å²) >= 11 is 6.50. The molecule has 0 amide bonds. The molecular formula is C5H3BrN2S2. The van der Waals surface area contributed by atoms with Crippen LogP contribution >= 0.6 is 38.6 Å². The molecule has 52 valence electrons. The number of nitrogens with zero attached hydrogens (tertiary/aromatic N) is 1. The van der Waals surface area contributed by atoms with Crippen LogP contribution in [0.4, 0.5) is 5.13 Å². The van der Waals surface area contributed by atoms with Gasteiger partial charge in [-0.2, -0.15) is 0 Å². The Balaban J connectivity index is 2.83. The average Bonchev–Trinajstić information content (AvgIpc) is 2.21. The summed E-state index contributed by atoms with van der Waals surface area (Å²) in [5, 5.41) is 0.647. The van der Waals surface area contributed by atoms with E-state index in [1.54, 1.807) is 11.3 Å². The van der Waals surface area contributed by atoms with Gasteiger partial charge in [0.15, 0.2) is 5.13 Å². The van der Waals surface area contributed by atoms with Crippen molar-refractivity contribution in [3.8, 4) is 0 Å². The zero-order valence-corrected chi connectivity index (χ0v) is 8.02. The molecule has 0 atom stereocenters. The van der Waals surface area contributed by atoms with Crippen LogP contribution in [0.5, 0.6) is 0 Å². The van der Waals surface area contributed by atoms with Crippen molar-refractivity contribution in [2.24, 2.45) is 0 Å². The van der Waals surface area contributed by atoms with Gasteiger partial charge < -0.3 is 5.73 Å². The summed E-state index contributed by atoms with van der Waals surface area (Å²) in [6.45, 7) is 0. The van der Waals surface area contributed by atoms with Crippen molar-refractivity contribution in [2.45, 2.75) is 0 Å².